The molecule has 0 saturated heterocycles. The fraction of sp³-hybridized carbons (Fsp3) is 0.471. The Labute approximate surface area is 141 Å². The largest absolute Gasteiger partial charge is 0.481 e. The standard InChI is InChI=1S/C17H23N3O4/c1-20(11-10-15(21)22)17(24)19-14-8-6-12(7-9-14)16(23)18-13-4-2-3-5-13/h6-9,13H,2-5,10-11H2,1H3,(H,18,23)(H,19,24)(H,21,22). The van der Waals surface area contributed by atoms with E-state index in [1.807, 2.05) is 0 Å². The van der Waals surface area contributed by atoms with Crippen molar-refractivity contribution in [1.29, 1.82) is 0 Å². The van der Waals surface area contributed by atoms with E-state index in [0.29, 0.717) is 11.3 Å². The molecule has 0 atom stereocenters. The molecule has 1 aromatic carbocycles. The Morgan fingerprint density at radius 1 is 1.17 bits per heavy atom. The SMILES string of the molecule is CN(CCC(=O)O)C(=O)Nc1ccc(C(=O)NC2CCCC2)cc1. The number of hydrogen-bond donors (Lipinski definition) is 3. The highest BCUT2D eigenvalue weighted by Gasteiger charge is 2.18. The van der Waals surface area contributed by atoms with Crippen molar-refractivity contribution >= 4 is 23.6 Å². The third kappa shape index (κ3) is 5.26. The number of nitrogens with one attached hydrogen (secondary N) is 2. The maximum atomic E-state index is 12.1. The van der Waals surface area contributed by atoms with Crippen LogP contribution in [0.15, 0.2) is 24.3 Å². The highest BCUT2D eigenvalue weighted by Crippen LogP contribution is 2.18. The first-order valence-corrected chi connectivity index (χ1v) is 8.10. The zero-order valence-corrected chi connectivity index (χ0v) is 13.7. The molecule has 0 bridgehead atoms. The summed E-state index contributed by atoms with van der Waals surface area (Å²) in [6.07, 6.45) is 4.27. The highest BCUT2D eigenvalue weighted by molar-refractivity contribution is 5.95. The van der Waals surface area contributed by atoms with Crippen molar-refractivity contribution < 1.29 is 19.5 Å². The molecule has 1 saturated carbocycles. The van der Waals surface area contributed by atoms with E-state index in [1.54, 1.807) is 24.3 Å². The van der Waals surface area contributed by atoms with Crippen molar-refractivity contribution in [3.05, 3.63) is 29.8 Å². The Morgan fingerprint density at radius 3 is 2.38 bits per heavy atom. The number of amides is 3. The summed E-state index contributed by atoms with van der Waals surface area (Å²) in [4.78, 5) is 35.9. The van der Waals surface area contributed by atoms with Gasteiger partial charge in [-0.2, -0.15) is 0 Å². The molecular formula is C17H23N3O4. The highest BCUT2D eigenvalue weighted by atomic mass is 16.4. The summed E-state index contributed by atoms with van der Waals surface area (Å²) in [5.41, 5.74) is 1.11. The van der Waals surface area contributed by atoms with Gasteiger partial charge in [-0.05, 0) is 37.1 Å². The van der Waals surface area contributed by atoms with E-state index in [9.17, 15) is 14.4 Å². The lowest BCUT2D eigenvalue weighted by Crippen LogP contribution is -2.33. The zero-order valence-electron chi connectivity index (χ0n) is 13.7. The van der Waals surface area contributed by atoms with Crippen molar-refractivity contribution in [2.75, 3.05) is 18.9 Å². The van der Waals surface area contributed by atoms with Gasteiger partial charge in [-0.3, -0.25) is 9.59 Å². The predicted octanol–water partition coefficient (Wildman–Crippen LogP) is 2.30. The van der Waals surface area contributed by atoms with Crippen LogP contribution in [0.2, 0.25) is 0 Å². The van der Waals surface area contributed by atoms with E-state index in [2.05, 4.69) is 10.6 Å². The molecule has 1 fully saturated rings. The van der Waals surface area contributed by atoms with Crippen LogP contribution in [0.5, 0.6) is 0 Å². The third-order valence-electron chi connectivity index (χ3n) is 4.10. The van der Waals surface area contributed by atoms with Crippen LogP contribution in [-0.2, 0) is 4.79 Å². The van der Waals surface area contributed by atoms with Crippen LogP contribution in [-0.4, -0.2) is 47.5 Å². The van der Waals surface area contributed by atoms with Crippen molar-refractivity contribution in [1.82, 2.24) is 10.2 Å². The van der Waals surface area contributed by atoms with Crippen molar-refractivity contribution in [3.8, 4) is 0 Å². The number of aliphatic carboxylic acids is 1. The number of urea groups is 1. The van der Waals surface area contributed by atoms with Crippen LogP contribution in [0, 0.1) is 0 Å². The van der Waals surface area contributed by atoms with Gasteiger partial charge in [0.1, 0.15) is 0 Å². The average Bonchev–Trinajstić information content (AvgIpc) is 3.06. The summed E-state index contributed by atoms with van der Waals surface area (Å²) >= 11 is 0. The maximum Gasteiger partial charge on any atom is 0.321 e. The Hall–Kier alpha value is -2.57. The number of carbonyl (C=O) groups excluding carboxylic acids is 2. The van der Waals surface area contributed by atoms with E-state index in [1.165, 1.54) is 11.9 Å². The fourth-order valence-electron chi connectivity index (χ4n) is 2.63. The van der Waals surface area contributed by atoms with Gasteiger partial charge in [-0.25, -0.2) is 4.79 Å². The lowest BCUT2D eigenvalue weighted by atomic mass is 10.1. The zero-order chi connectivity index (χ0) is 17.5. The molecule has 0 aliphatic heterocycles. The second-order valence-electron chi connectivity index (χ2n) is 6.03. The van der Waals surface area contributed by atoms with E-state index in [-0.39, 0.29) is 30.9 Å². The topological polar surface area (TPSA) is 98.7 Å². The number of hydrogen-bond acceptors (Lipinski definition) is 3. The second kappa shape index (κ2) is 8.33. The molecule has 3 amide bonds. The molecule has 0 aromatic heterocycles. The number of anilines is 1. The summed E-state index contributed by atoms with van der Waals surface area (Å²) in [7, 11) is 1.53. The summed E-state index contributed by atoms with van der Waals surface area (Å²) in [6.45, 7) is 0.128. The van der Waals surface area contributed by atoms with Crippen molar-refractivity contribution in [2.45, 2.75) is 38.1 Å². The van der Waals surface area contributed by atoms with Crippen LogP contribution in [0.4, 0.5) is 10.5 Å². The lowest BCUT2D eigenvalue weighted by Gasteiger charge is -2.17. The summed E-state index contributed by atoms with van der Waals surface area (Å²) in [5.74, 6) is -1.05. The Morgan fingerprint density at radius 2 is 1.79 bits per heavy atom. The summed E-state index contributed by atoms with van der Waals surface area (Å²) in [6, 6.07) is 6.52. The van der Waals surface area contributed by atoms with Gasteiger partial charge in [0, 0.05) is 30.9 Å². The Bertz CT molecular complexity index is 594. The molecule has 0 heterocycles. The van der Waals surface area contributed by atoms with Gasteiger partial charge in [0.05, 0.1) is 6.42 Å². The number of nitrogens with zero attached hydrogens (tertiary/aromatic N) is 1. The predicted molar refractivity (Wildman–Crippen MR) is 90.1 cm³/mol. The molecule has 7 heteroatoms. The van der Waals surface area contributed by atoms with Crippen LogP contribution in [0.3, 0.4) is 0 Å². The normalized spacial score (nSPS) is 14.2. The van der Waals surface area contributed by atoms with E-state index < -0.39 is 5.97 Å². The number of carboxylic acids is 1. The molecule has 7 nitrogen and oxygen atoms in total. The minimum absolute atomic E-state index is 0.0987. The fourth-order valence-corrected chi connectivity index (χ4v) is 2.63. The molecule has 0 radical (unpaired) electrons. The van der Waals surface area contributed by atoms with E-state index in [0.717, 1.165) is 25.7 Å². The second-order valence-corrected chi connectivity index (χ2v) is 6.03. The molecule has 0 spiro atoms. The molecular weight excluding hydrogens is 310 g/mol. The van der Waals surface area contributed by atoms with Crippen LogP contribution in [0.1, 0.15) is 42.5 Å². The van der Waals surface area contributed by atoms with Crippen molar-refractivity contribution in [3.63, 3.8) is 0 Å². The first-order valence-electron chi connectivity index (χ1n) is 8.10. The minimum Gasteiger partial charge on any atom is -0.481 e. The van der Waals surface area contributed by atoms with Gasteiger partial charge in [0.25, 0.3) is 5.91 Å². The lowest BCUT2D eigenvalue weighted by molar-refractivity contribution is -0.137. The first-order chi connectivity index (χ1) is 11.5. The molecule has 1 aliphatic carbocycles. The van der Waals surface area contributed by atoms with Gasteiger partial charge in [-0.1, -0.05) is 12.8 Å². The monoisotopic (exact) mass is 333 g/mol. The third-order valence-corrected chi connectivity index (χ3v) is 4.10. The van der Waals surface area contributed by atoms with Crippen LogP contribution < -0.4 is 10.6 Å². The number of rotatable bonds is 6. The molecule has 0 unspecified atom stereocenters. The summed E-state index contributed by atoms with van der Waals surface area (Å²) < 4.78 is 0. The van der Waals surface area contributed by atoms with Crippen LogP contribution in [0.25, 0.3) is 0 Å². The maximum absolute atomic E-state index is 12.1. The summed E-state index contributed by atoms with van der Waals surface area (Å²) in [5, 5.41) is 14.3. The molecule has 3 N–H and O–H groups in total. The van der Waals surface area contributed by atoms with Crippen molar-refractivity contribution in [2.24, 2.45) is 0 Å². The number of benzene rings is 1. The van der Waals surface area contributed by atoms with Crippen LogP contribution >= 0.6 is 0 Å². The van der Waals surface area contributed by atoms with Gasteiger partial charge < -0.3 is 20.6 Å². The molecule has 130 valence electrons. The quantitative estimate of drug-likeness (QED) is 0.744. The Kier molecular flexibility index (Phi) is 6.17. The van der Waals surface area contributed by atoms with Gasteiger partial charge >= 0.3 is 12.0 Å². The molecule has 24 heavy (non-hydrogen) atoms. The Balaban J connectivity index is 1.85. The number of carboxylic acid groups (broad SMARTS) is 1. The molecule has 2 rings (SSSR count). The molecule has 1 aromatic rings. The van der Waals surface area contributed by atoms with E-state index >= 15 is 0 Å². The first kappa shape index (κ1) is 17.8. The average molecular weight is 333 g/mol. The van der Waals surface area contributed by atoms with E-state index in [4.69, 9.17) is 5.11 Å². The molecule has 1 aliphatic rings. The van der Waals surface area contributed by atoms with Gasteiger partial charge in [0.2, 0.25) is 0 Å². The van der Waals surface area contributed by atoms with Gasteiger partial charge in [0.15, 0.2) is 0 Å². The smallest absolute Gasteiger partial charge is 0.321 e. The minimum atomic E-state index is -0.952. The van der Waals surface area contributed by atoms with Gasteiger partial charge in [-0.15, -0.1) is 0 Å². The number of carbonyl (C=O) groups is 3.